The molecule has 0 aliphatic rings. The molecule has 1 aromatic heterocycles. The van der Waals surface area contributed by atoms with Gasteiger partial charge in [0.05, 0.1) is 0 Å². The van der Waals surface area contributed by atoms with E-state index in [1.165, 1.54) is 11.9 Å². The molecule has 0 bridgehead atoms. The second-order valence-corrected chi connectivity index (χ2v) is 4.40. The Morgan fingerprint density at radius 3 is 2.68 bits per heavy atom. The summed E-state index contributed by atoms with van der Waals surface area (Å²) in [5, 5.41) is 0. The maximum absolute atomic E-state index is 5.47. The molecule has 0 fully saturated rings. The molecular weight excluding hydrogens is 238 g/mol. The summed E-state index contributed by atoms with van der Waals surface area (Å²) in [5.74, 6) is 6.99. The van der Waals surface area contributed by atoms with Gasteiger partial charge in [-0.1, -0.05) is 12.1 Å². The molecular formula is C14H19N5. The van der Waals surface area contributed by atoms with Crippen LogP contribution in [0.25, 0.3) is 0 Å². The highest BCUT2D eigenvalue weighted by molar-refractivity contribution is 5.67. The number of aryl methyl sites for hydroxylation is 1. The lowest BCUT2D eigenvalue weighted by atomic mass is 10.2. The molecule has 0 saturated carbocycles. The van der Waals surface area contributed by atoms with Crippen LogP contribution < -0.4 is 16.2 Å². The molecule has 0 spiro atoms. The predicted octanol–water partition coefficient (Wildman–Crippen LogP) is 2.54. The van der Waals surface area contributed by atoms with Gasteiger partial charge in [0.25, 0.3) is 0 Å². The fraction of sp³-hybridized carbons (Fsp3) is 0.286. The van der Waals surface area contributed by atoms with Gasteiger partial charge in [-0.15, -0.1) is 0 Å². The fourth-order valence-electron chi connectivity index (χ4n) is 2.11. The lowest BCUT2D eigenvalue weighted by molar-refractivity contribution is 0.960. The van der Waals surface area contributed by atoms with Gasteiger partial charge in [-0.25, -0.2) is 15.8 Å². The number of nitrogen functional groups attached to an aromatic ring is 1. The van der Waals surface area contributed by atoms with Crippen molar-refractivity contribution in [3.05, 3.63) is 41.7 Å². The van der Waals surface area contributed by atoms with E-state index in [2.05, 4.69) is 52.3 Å². The minimum Gasteiger partial charge on any atom is -0.326 e. The van der Waals surface area contributed by atoms with Gasteiger partial charge in [-0.2, -0.15) is 0 Å². The summed E-state index contributed by atoms with van der Waals surface area (Å²) in [7, 11) is 0. The van der Waals surface area contributed by atoms with E-state index < -0.39 is 0 Å². The third-order valence-corrected chi connectivity index (χ3v) is 3.08. The van der Waals surface area contributed by atoms with Crippen molar-refractivity contribution >= 4 is 17.3 Å². The normalized spacial score (nSPS) is 10.3. The molecule has 1 heterocycles. The van der Waals surface area contributed by atoms with Crippen molar-refractivity contribution in [2.45, 2.75) is 20.8 Å². The number of nitrogens with zero attached hydrogens (tertiary/aromatic N) is 3. The van der Waals surface area contributed by atoms with Crippen molar-refractivity contribution in [1.82, 2.24) is 9.97 Å². The van der Waals surface area contributed by atoms with Gasteiger partial charge in [-0.05, 0) is 38.5 Å². The van der Waals surface area contributed by atoms with Crippen LogP contribution in [0.1, 0.15) is 18.1 Å². The van der Waals surface area contributed by atoms with Crippen molar-refractivity contribution in [2.75, 3.05) is 16.9 Å². The van der Waals surface area contributed by atoms with Crippen LogP contribution >= 0.6 is 0 Å². The molecule has 0 amide bonds. The Morgan fingerprint density at radius 1 is 1.26 bits per heavy atom. The van der Waals surface area contributed by atoms with Crippen LogP contribution in [0.15, 0.2) is 30.6 Å². The molecule has 0 radical (unpaired) electrons. The van der Waals surface area contributed by atoms with Gasteiger partial charge in [0, 0.05) is 17.8 Å². The molecule has 0 aliphatic heterocycles. The van der Waals surface area contributed by atoms with E-state index in [-0.39, 0.29) is 0 Å². The first kappa shape index (κ1) is 13.3. The zero-order chi connectivity index (χ0) is 13.8. The van der Waals surface area contributed by atoms with Crippen molar-refractivity contribution in [1.29, 1.82) is 0 Å². The Kier molecular flexibility index (Phi) is 3.97. The molecule has 0 unspecified atom stereocenters. The third kappa shape index (κ3) is 2.66. The highest BCUT2D eigenvalue weighted by atomic mass is 15.3. The van der Waals surface area contributed by atoms with Crippen molar-refractivity contribution in [3.8, 4) is 0 Å². The van der Waals surface area contributed by atoms with Crippen LogP contribution in [-0.2, 0) is 0 Å². The number of hydrazine groups is 1. The smallest absolute Gasteiger partial charge is 0.148 e. The van der Waals surface area contributed by atoms with Crippen LogP contribution in [0, 0.1) is 13.8 Å². The molecule has 0 saturated heterocycles. The standard InChI is InChI=1S/C14H19N5/c1-4-19(12-7-5-6-10(2)8-12)14-11(3)13(18-15)16-9-17-14/h5-9H,4,15H2,1-3H3,(H,16,17,18). The molecule has 3 N–H and O–H groups in total. The number of anilines is 3. The Labute approximate surface area is 113 Å². The SMILES string of the molecule is CCN(c1cccc(C)c1)c1ncnc(NN)c1C. The average Bonchev–Trinajstić information content (AvgIpc) is 2.41. The monoisotopic (exact) mass is 257 g/mol. The maximum atomic E-state index is 5.47. The lowest BCUT2D eigenvalue weighted by Gasteiger charge is -2.24. The summed E-state index contributed by atoms with van der Waals surface area (Å²) in [6, 6.07) is 8.34. The number of rotatable bonds is 4. The van der Waals surface area contributed by atoms with Crippen molar-refractivity contribution < 1.29 is 0 Å². The minimum atomic E-state index is 0.649. The first-order valence-electron chi connectivity index (χ1n) is 6.29. The van der Waals surface area contributed by atoms with Crippen LogP contribution in [0.2, 0.25) is 0 Å². The molecule has 1 aromatic carbocycles. The summed E-state index contributed by atoms with van der Waals surface area (Å²) in [6.45, 7) is 6.96. The minimum absolute atomic E-state index is 0.649. The molecule has 2 aromatic rings. The molecule has 2 rings (SSSR count). The van der Waals surface area contributed by atoms with Gasteiger partial charge in [-0.3, -0.25) is 0 Å². The van der Waals surface area contributed by atoms with Gasteiger partial charge in [0.1, 0.15) is 18.0 Å². The first-order chi connectivity index (χ1) is 9.17. The summed E-state index contributed by atoms with van der Waals surface area (Å²) < 4.78 is 0. The Balaban J connectivity index is 2.48. The highest BCUT2D eigenvalue weighted by Crippen LogP contribution is 2.28. The fourth-order valence-corrected chi connectivity index (χ4v) is 2.11. The van der Waals surface area contributed by atoms with E-state index in [1.807, 2.05) is 13.0 Å². The number of hydrogen-bond donors (Lipinski definition) is 2. The Morgan fingerprint density at radius 2 is 2.05 bits per heavy atom. The van der Waals surface area contributed by atoms with Gasteiger partial charge in [0.2, 0.25) is 0 Å². The first-order valence-corrected chi connectivity index (χ1v) is 6.29. The zero-order valence-corrected chi connectivity index (χ0v) is 11.5. The van der Waals surface area contributed by atoms with Gasteiger partial charge in [0.15, 0.2) is 0 Å². The largest absolute Gasteiger partial charge is 0.326 e. The molecule has 5 nitrogen and oxygen atoms in total. The van der Waals surface area contributed by atoms with E-state index in [0.29, 0.717) is 5.82 Å². The number of nitrogens with two attached hydrogens (primary N) is 1. The van der Waals surface area contributed by atoms with E-state index in [0.717, 1.165) is 23.6 Å². The third-order valence-electron chi connectivity index (χ3n) is 3.08. The van der Waals surface area contributed by atoms with Crippen LogP contribution in [0.3, 0.4) is 0 Å². The van der Waals surface area contributed by atoms with Crippen LogP contribution in [0.4, 0.5) is 17.3 Å². The highest BCUT2D eigenvalue weighted by Gasteiger charge is 2.14. The molecule has 0 aliphatic carbocycles. The van der Waals surface area contributed by atoms with Crippen LogP contribution in [0.5, 0.6) is 0 Å². The molecule has 100 valence electrons. The average molecular weight is 257 g/mol. The summed E-state index contributed by atoms with van der Waals surface area (Å²) in [5.41, 5.74) is 5.88. The molecule has 0 atom stereocenters. The second kappa shape index (κ2) is 5.67. The number of benzene rings is 1. The Hall–Kier alpha value is -2.14. The van der Waals surface area contributed by atoms with Crippen LogP contribution in [-0.4, -0.2) is 16.5 Å². The van der Waals surface area contributed by atoms with Crippen molar-refractivity contribution in [3.63, 3.8) is 0 Å². The van der Waals surface area contributed by atoms with Crippen molar-refractivity contribution in [2.24, 2.45) is 5.84 Å². The van der Waals surface area contributed by atoms with E-state index in [4.69, 9.17) is 5.84 Å². The zero-order valence-electron chi connectivity index (χ0n) is 11.5. The summed E-state index contributed by atoms with van der Waals surface area (Å²) in [4.78, 5) is 10.6. The molecule has 5 heteroatoms. The number of aromatic nitrogens is 2. The summed E-state index contributed by atoms with van der Waals surface area (Å²) in [6.07, 6.45) is 1.52. The van der Waals surface area contributed by atoms with E-state index >= 15 is 0 Å². The lowest BCUT2D eigenvalue weighted by Crippen LogP contribution is -2.20. The van der Waals surface area contributed by atoms with E-state index in [1.54, 1.807) is 0 Å². The number of nitrogens with one attached hydrogen (secondary N) is 1. The van der Waals surface area contributed by atoms with Gasteiger partial charge >= 0.3 is 0 Å². The predicted molar refractivity (Wildman–Crippen MR) is 78.4 cm³/mol. The quantitative estimate of drug-likeness (QED) is 0.651. The maximum Gasteiger partial charge on any atom is 0.148 e. The van der Waals surface area contributed by atoms with E-state index in [9.17, 15) is 0 Å². The molecule has 19 heavy (non-hydrogen) atoms. The topological polar surface area (TPSA) is 67.1 Å². The Bertz CT molecular complexity index is 568. The second-order valence-electron chi connectivity index (χ2n) is 4.40. The van der Waals surface area contributed by atoms with Gasteiger partial charge < -0.3 is 10.3 Å². The summed E-state index contributed by atoms with van der Waals surface area (Å²) >= 11 is 0. The number of hydrogen-bond acceptors (Lipinski definition) is 5.